The SMILES string of the molecule is CCN(CC)S(=O)(=O)c1cccc(C2=N/C(=C\c3cccc(OC)c3)C(=O)O2)c1. The van der Waals surface area contributed by atoms with Crippen LogP contribution in [0.5, 0.6) is 5.75 Å². The molecule has 0 atom stereocenters. The standard InChI is InChI=1S/C21H22N2O5S/c1-4-23(5-2)29(25,26)18-11-7-9-16(14-18)20-22-19(21(24)28-20)13-15-8-6-10-17(12-15)27-3/h6-14H,4-5H2,1-3H3/b19-13-. The van der Waals surface area contributed by atoms with Crippen molar-refractivity contribution in [3.05, 3.63) is 65.4 Å². The van der Waals surface area contributed by atoms with Crippen LogP contribution in [0.15, 0.2) is 64.1 Å². The monoisotopic (exact) mass is 414 g/mol. The Morgan fingerprint density at radius 1 is 1.10 bits per heavy atom. The zero-order chi connectivity index (χ0) is 21.0. The van der Waals surface area contributed by atoms with E-state index in [1.807, 2.05) is 6.07 Å². The van der Waals surface area contributed by atoms with Gasteiger partial charge in [0.1, 0.15) is 5.75 Å². The van der Waals surface area contributed by atoms with Crippen LogP contribution in [0.25, 0.3) is 6.08 Å². The molecule has 8 heteroatoms. The first kappa shape index (κ1) is 20.8. The van der Waals surface area contributed by atoms with Gasteiger partial charge in [-0.1, -0.05) is 32.0 Å². The zero-order valence-corrected chi connectivity index (χ0v) is 17.3. The summed E-state index contributed by atoms with van der Waals surface area (Å²) in [7, 11) is -2.07. The van der Waals surface area contributed by atoms with Crippen LogP contribution < -0.4 is 4.74 Å². The summed E-state index contributed by atoms with van der Waals surface area (Å²) >= 11 is 0. The van der Waals surface area contributed by atoms with Gasteiger partial charge in [-0.15, -0.1) is 0 Å². The molecule has 29 heavy (non-hydrogen) atoms. The van der Waals surface area contributed by atoms with Gasteiger partial charge in [-0.2, -0.15) is 4.31 Å². The van der Waals surface area contributed by atoms with Crippen LogP contribution in [0.4, 0.5) is 0 Å². The van der Waals surface area contributed by atoms with Crippen LogP contribution in [0.3, 0.4) is 0 Å². The van der Waals surface area contributed by atoms with Crippen molar-refractivity contribution in [2.75, 3.05) is 20.2 Å². The average Bonchev–Trinajstić information content (AvgIpc) is 3.09. The van der Waals surface area contributed by atoms with E-state index >= 15 is 0 Å². The fourth-order valence-electron chi connectivity index (χ4n) is 2.92. The van der Waals surface area contributed by atoms with Gasteiger partial charge >= 0.3 is 5.97 Å². The number of benzene rings is 2. The normalized spacial score (nSPS) is 15.5. The van der Waals surface area contributed by atoms with E-state index in [9.17, 15) is 13.2 Å². The van der Waals surface area contributed by atoms with Gasteiger partial charge in [-0.05, 0) is 42.0 Å². The fourth-order valence-corrected chi connectivity index (χ4v) is 4.43. The number of carbonyl (C=O) groups is 1. The molecular formula is C21H22N2O5S. The topological polar surface area (TPSA) is 85.3 Å². The van der Waals surface area contributed by atoms with Crippen LogP contribution in [-0.2, 0) is 19.6 Å². The highest BCUT2D eigenvalue weighted by molar-refractivity contribution is 7.89. The van der Waals surface area contributed by atoms with Crippen molar-refractivity contribution in [3.8, 4) is 5.75 Å². The van der Waals surface area contributed by atoms with Gasteiger partial charge in [0.2, 0.25) is 15.9 Å². The number of hydrogen-bond acceptors (Lipinski definition) is 6. The second-order valence-corrected chi connectivity index (χ2v) is 8.17. The molecule has 2 aromatic rings. The van der Waals surface area contributed by atoms with Crippen LogP contribution >= 0.6 is 0 Å². The number of sulfonamides is 1. The van der Waals surface area contributed by atoms with Crippen molar-refractivity contribution >= 4 is 28.0 Å². The van der Waals surface area contributed by atoms with E-state index in [1.165, 1.54) is 16.4 Å². The smallest absolute Gasteiger partial charge is 0.363 e. The minimum Gasteiger partial charge on any atom is -0.497 e. The molecule has 0 saturated carbocycles. The minimum atomic E-state index is -3.63. The van der Waals surface area contributed by atoms with Crippen molar-refractivity contribution in [2.24, 2.45) is 4.99 Å². The zero-order valence-electron chi connectivity index (χ0n) is 16.5. The van der Waals surface area contributed by atoms with Gasteiger partial charge in [0, 0.05) is 18.7 Å². The summed E-state index contributed by atoms with van der Waals surface area (Å²) in [5, 5.41) is 0. The molecule has 0 bridgehead atoms. The molecule has 0 aromatic heterocycles. The molecule has 0 saturated heterocycles. The van der Waals surface area contributed by atoms with Crippen molar-refractivity contribution in [2.45, 2.75) is 18.7 Å². The highest BCUT2D eigenvalue weighted by atomic mass is 32.2. The average molecular weight is 414 g/mol. The summed E-state index contributed by atoms with van der Waals surface area (Å²) in [6.07, 6.45) is 1.59. The van der Waals surface area contributed by atoms with Gasteiger partial charge in [-0.3, -0.25) is 0 Å². The third kappa shape index (κ3) is 4.38. The number of methoxy groups -OCH3 is 1. The molecule has 3 rings (SSSR count). The largest absolute Gasteiger partial charge is 0.497 e. The summed E-state index contributed by atoms with van der Waals surface area (Å²) in [6, 6.07) is 13.4. The Balaban J connectivity index is 1.95. The molecule has 0 spiro atoms. The molecule has 0 radical (unpaired) electrons. The Kier molecular flexibility index (Phi) is 6.14. The van der Waals surface area contributed by atoms with Crippen LogP contribution in [-0.4, -0.2) is 44.8 Å². The lowest BCUT2D eigenvalue weighted by molar-refractivity contribution is -0.129. The van der Waals surface area contributed by atoms with Crippen molar-refractivity contribution in [1.82, 2.24) is 4.31 Å². The number of rotatable bonds is 7. The lowest BCUT2D eigenvalue weighted by Crippen LogP contribution is -2.30. The molecule has 7 nitrogen and oxygen atoms in total. The van der Waals surface area contributed by atoms with Gasteiger partial charge in [-0.25, -0.2) is 18.2 Å². The Labute approximate surface area is 170 Å². The quantitative estimate of drug-likeness (QED) is 0.513. The molecule has 152 valence electrons. The van der Waals surface area contributed by atoms with Gasteiger partial charge in [0.25, 0.3) is 0 Å². The highest BCUT2D eigenvalue weighted by Crippen LogP contribution is 2.23. The minimum absolute atomic E-state index is 0.0701. The van der Waals surface area contributed by atoms with Crippen LogP contribution in [0.1, 0.15) is 25.0 Å². The number of ether oxygens (including phenoxy) is 2. The molecule has 0 unspecified atom stereocenters. The molecule has 1 aliphatic heterocycles. The molecule has 0 N–H and O–H groups in total. The van der Waals surface area contributed by atoms with E-state index in [0.29, 0.717) is 24.4 Å². The maximum Gasteiger partial charge on any atom is 0.363 e. The Morgan fingerprint density at radius 3 is 2.52 bits per heavy atom. The predicted molar refractivity (Wildman–Crippen MR) is 110 cm³/mol. The summed E-state index contributed by atoms with van der Waals surface area (Å²) in [4.78, 5) is 16.6. The third-order valence-corrected chi connectivity index (χ3v) is 6.49. The molecule has 1 aliphatic rings. The molecule has 0 aliphatic carbocycles. The number of cyclic esters (lactones) is 1. The van der Waals surface area contributed by atoms with Crippen LogP contribution in [0, 0.1) is 0 Å². The van der Waals surface area contributed by atoms with Gasteiger partial charge in [0.05, 0.1) is 12.0 Å². The van der Waals surface area contributed by atoms with E-state index in [0.717, 1.165) is 5.56 Å². The summed E-state index contributed by atoms with van der Waals surface area (Å²) in [5.74, 6) is 0.129. The number of esters is 1. The Morgan fingerprint density at radius 2 is 1.83 bits per heavy atom. The van der Waals surface area contributed by atoms with Gasteiger partial charge < -0.3 is 9.47 Å². The molecule has 2 aromatic carbocycles. The molecule has 0 fully saturated rings. The van der Waals surface area contributed by atoms with E-state index in [-0.39, 0.29) is 16.5 Å². The number of nitrogens with zero attached hydrogens (tertiary/aromatic N) is 2. The van der Waals surface area contributed by atoms with E-state index in [1.54, 1.807) is 57.4 Å². The first-order valence-electron chi connectivity index (χ1n) is 9.16. The maximum absolute atomic E-state index is 12.7. The summed E-state index contributed by atoms with van der Waals surface area (Å²) < 4.78 is 37.3. The third-order valence-electron chi connectivity index (χ3n) is 4.44. The van der Waals surface area contributed by atoms with Crippen molar-refractivity contribution < 1.29 is 22.7 Å². The van der Waals surface area contributed by atoms with E-state index < -0.39 is 16.0 Å². The first-order valence-corrected chi connectivity index (χ1v) is 10.6. The second-order valence-electron chi connectivity index (χ2n) is 6.23. The predicted octanol–water partition coefficient (Wildman–Crippen LogP) is 3.07. The van der Waals surface area contributed by atoms with Crippen molar-refractivity contribution in [1.29, 1.82) is 0 Å². The first-order chi connectivity index (χ1) is 13.9. The van der Waals surface area contributed by atoms with Crippen molar-refractivity contribution in [3.63, 3.8) is 0 Å². The van der Waals surface area contributed by atoms with E-state index in [2.05, 4.69) is 4.99 Å². The molecule has 0 amide bonds. The molecular weight excluding hydrogens is 392 g/mol. The Bertz CT molecular complexity index is 1090. The lowest BCUT2D eigenvalue weighted by atomic mass is 10.2. The summed E-state index contributed by atoms with van der Waals surface area (Å²) in [5.41, 5.74) is 1.28. The number of carbonyl (C=O) groups excluding carboxylic acids is 1. The van der Waals surface area contributed by atoms with Gasteiger partial charge in [0.15, 0.2) is 5.70 Å². The highest BCUT2D eigenvalue weighted by Gasteiger charge is 2.27. The fraction of sp³-hybridized carbons (Fsp3) is 0.238. The second kappa shape index (κ2) is 8.59. The molecule has 1 heterocycles. The number of hydrogen-bond donors (Lipinski definition) is 0. The van der Waals surface area contributed by atoms with Crippen LogP contribution in [0.2, 0.25) is 0 Å². The van der Waals surface area contributed by atoms with E-state index in [4.69, 9.17) is 9.47 Å². The Hall–Kier alpha value is -2.97. The maximum atomic E-state index is 12.7. The summed E-state index contributed by atoms with van der Waals surface area (Å²) in [6.45, 7) is 4.30. The lowest BCUT2D eigenvalue weighted by Gasteiger charge is -2.18. The number of aliphatic imine (C=N–C) groups is 1.